The van der Waals surface area contributed by atoms with Crippen molar-refractivity contribution in [3.05, 3.63) is 72.3 Å². The van der Waals surface area contributed by atoms with Crippen molar-refractivity contribution in [3.63, 3.8) is 0 Å². The van der Waals surface area contributed by atoms with Crippen molar-refractivity contribution < 1.29 is 18.3 Å². The number of carbonyl (C=O) groups is 1. The molecular formula is C19H16O4S. The first-order valence-corrected chi connectivity index (χ1v) is 9.00. The molecule has 5 heteroatoms. The Balaban J connectivity index is 2.08. The average Bonchev–Trinajstić information content (AvgIpc) is 2.59. The van der Waals surface area contributed by atoms with Crippen molar-refractivity contribution in [2.45, 2.75) is 22.6 Å². The Morgan fingerprint density at radius 2 is 1.54 bits per heavy atom. The molecule has 0 heterocycles. The number of aryl methyl sites for hydroxylation is 1. The van der Waals surface area contributed by atoms with E-state index >= 15 is 0 Å². The van der Waals surface area contributed by atoms with E-state index in [0.717, 1.165) is 10.8 Å². The highest BCUT2D eigenvalue weighted by Gasteiger charge is 2.21. The van der Waals surface area contributed by atoms with Gasteiger partial charge in [-0.2, -0.15) is 0 Å². The highest BCUT2D eigenvalue weighted by molar-refractivity contribution is 7.91. The van der Waals surface area contributed by atoms with Gasteiger partial charge in [0.2, 0.25) is 9.84 Å². The van der Waals surface area contributed by atoms with E-state index in [1.807, 2.05) is 24.3 Å². The molecule has 24 heavy (non-hydrogen) atoms. The lowest BCUT2D eigenvalue weighted by Crippen LogP contribution is -2.07. The van der Waals surface area contributed by atoms with Crippen LogP contribution in [0.1, 0.15) is 12.0 Å². The van der Waals surface area contributed by atoms with Crippen molar-refractivity contribution in [3.8, 4) is 0 Å². The van der Waals surface area contributed by atoms with Crippen molar-refractivity contribution in [1.82, 2.24) is 0 Å². The average molecular weight is 340 g/mol. The number of aliphatic carboxylic acids is 1. The lowest BCUT2D eigenvalue weighted by Gasteiger charge is -2.10. The molecule has 0 aliphatic carbocycles. The molecular weight excluding hydrogens is 324 g/mol. The number of fused-ring (bicyclic) bond motifs is 1. The van der Waals surface area contributed by atoms with Gasteiger partial charge in [0, 0.05) is 6.42 Å². The maximum Gasteiger partial charge on any atom is 0.303 e. The summed E-state index contributed by atoms with van der Waals surface area (Å²) in [7, 11) is -3.70. The van der Waals surface area contributed by atoms with Gasteiger partial charge in [-0.3, -0.25) is 4.79 Å². The highest BCUT2D eigenvalue weighted by Crippen LogP contribution is 2.27. The molecule has 0 aliphatic heterocycles. The van der Waals surface area contributed by atoms with E-state index in [1.54, 1.807) is 36.4 Å². The molecule has 0 unspecified atom stereocenters. The molecule has 3 rings (SSSR count). The van der Waals surface area contributed by atoms with Crippen molar-refractivity contribution in [2.24, 2.45) is 0 Å². The molecule has 0 aliphatic rings. The third-order valence-electron chi connectivity index (χ3n) is 3.90. The third-order valence-corrected chi connectivity index (χ3v) is 5.75. The van der Waals surface area contributed by atoms with Crippen LogP contribution in [0, 0.1) is 0 Å². The van der Waals surface area contributed by atoms with E-state index < -0.39 is 15.8 Å². The molecule has 0 bridgehead atoms. The summed E-state index contributed by atoms with van der Waals surface area (Å²) in [5, 5.41) is 10.7. The Labute approximate surface area is 140 Å². The van der Waals surface area contributed by atoms with Crippen molar-refractivity contribution >= 4 is 26.6 Å². The largest absolute Gasteiger partial charge is 0.481 e. The van der Waals surface area contributed by atoms with Crippen LogP contribution in [0.3, 0.4) is 0 Å². The summed E-state index contributed by atoms with van der Waals surface area (Å²) in [4.78, 5) is 11.2. The predicted molar refractivity (Wildman–Crippen MR) is 91.8 cm³/mol. The number of rotatable bonds is 5. The molecule has 0 aromatic heterocycles. The molecule has 4 nitrogen and oxygen atoms in total. The van der Waals surface area contributed by atoms with Crippen LogP contribution in [0.4, 0.5) is 0 Å². The molecule has 1 N–H and O–H groups in total. The second kappa shape index (κ2) is 6.45. The molecule has 3 aromatic carbocycles. The van der Waals surface area contributed by atoms with Gasteiger partial charge < -0.3 is 5.11 Å². The molecule has 0 fully saturated rings. The topological polar surface area (TPSA) is 71.4 Å². The molecule has 122 valence electrons. The zero-order valence-electron chi connectivity index (χ0n) is 12.8. The SMILES string of the molecule is O=C(O)CCc1ccccc1S(=O)(=O)c1ccc2ccccc2c1. The Hall–Kier alpha value is -2.66. The van der Waals surface area contributed by atoms with Crippen LogP contribution in [0.2, 0.25) is 0 Å². The van der Waals surface area contributed by atoms with Crippen LogP contribution in [0.25, 0.3) is 10.8 Å². The van der Waals surface area contributed by atoms with Crippen LogP contribution in [-0.4, -0.2) is 19.5 Å². The fraction of sp³-hybridized carbons (Fsp3) is 0.105. The van der Waals surface area contributed by atoms with Gasteiger partial charge in [0.1, 0.15) is 0 Å². The summed E-state index contributed by atoms with van der Waals surface area (Å²) in [5.74, 6) is -0.951. The maximum atomic E-state index is 13.0. The molecule has 0 spiro atoms. The molecule has 0 radical (unpaired) electrons. The van der Waals surface area contributed by atoms with Crippen LogP contribution in [0.5, 0.6) is 0 Å². The predicted octanol–water partition coefficient (Wildman–Crippen LogP) is 3.69. The van der Waals surface area contributed by atoms with E-state index in [1.165, 1.54) is 6.07 Å². The van der Waals surface area contributed by atoms with Gasteiger partial charge in [-0.15, -0.1) is 0 Å². The minimum atomic E-state index is -3.70. The second-order valence-electron chi connectivity index (χ2n) is 5.51. The molecule has 0 amide bonds. The minimum Gasteiger partial charge on any atom is -0.481 e. The van der Waals surface area contributed by atoms with Crippen LogP contribution < -0.4 is 0 Å². The van der Waals surface area contributed by atoms with E-state index in [-0.39, 0.29) is 22.6 Å². The van der Waals surface area contributed by atoms with Crippen molar-refractivity contribution in [2.75, 3.05) is 0 Å². The van der Waals surface area contributed by atoms with Crippen molar-refractivity contribution in [1.29, 1.82) is 0 Å². The Morgan fingerprint density at radius 3 is 2.29 bits per heavy atom. The lowest BCUT2D eigenvalue weighted by molar-refractivity contribution is -0.136. The Bertz CT molecular complexity index is 1010. The number of hydrogen-bond acceptors (Lipinski definition) is 3. The van der Waals surface area contributed by atoms with Crippen LogP contribution >= 0.6 is 0 Å². The quantitative estimate of drug-likeness (QED) is 0.769. The molecule has 0 saturated carbocycles. The molecule has 0 saturated heterocycles. The first-order chi connectivity index (χ1) is 11.5. The Morgan fingerprint density at radius 1 is 0.875 bits per heavy atom. The lowest BCUT2D eigenvalue weighted by atomic mass is 10.1. The zero-order valence-corrected chi connectivity index (χ0v) is 13.7. The first kappa shape index (κ1) is 16.2. The molecule has 0 atom stereocenters. The molecule has 3 aromatic rings. The standard InChI is InChI=1S/C19H16O4S/c20-19(21)12-10-15-6-3-4-8-18(15)24(22,23)17-11-9-14-5-1-2-7-16(14)13-17/h1-9,11,13H,10,12H2,(H,20,21). The summed E-state index contributed by atoms with van der Waals surface area (Å²) < 4.78 is 26.0. The first-order valence-electron chi connectivity index (χ1n) is 7.52. The summed E-state index contributed by atoms with van der Waals surface area (Å²) in [6, 6.07) is 19.1. The van der Waals surface area contributed by atoms with Gasteiger partial charge >= 0.3 is 5.97 Å². The van der Waals surface area contributed by atoms with E-state index in [9.17, 15) is 13.2 Å². The van der Waals surface area contributed by atoms with E-state index in [2.05, 4.69) is 0 Å². The highest BCUT2D eigenvalue weighted by atomic mass is 32.2. The number of carboxylic acids is 1. The maximum absolute atomic E-state index is 13.0. The van der Waals surface area contributed by atoms with E-state index in [0.29, 0.717) is 5.56 Å². The minimum absolute atomic E-state index is 0.107. The summed E-state index contributed by atoms with van der Waals surface area (Å²) in [5.41, 5.74) is 0.521. The summed E-state index contributed by atoms with van der Waals surface area (Å²) >= 11 is 0. The summed E-state index contributed by atoms with van der Waals surface area (Å²) in [6.45, 7) is 0. The van der Waals surface area contributed by atoms with Crippen LogP contribution in [0.15, 0.2) is 76.5 Å². The fourth-order valence-electron chi connectivity index (χ4n) is 2.68. The Kier molecular flexibility index (Phi) is 4.36. The van der Waals surface area contributed by atoms with Gasteiger partial charge in [0.15, 0.2) is 0 Å². The monoisotopic (exact) mass is 340 g/mol. The number of benzene rings is 3. The summed E-state index contributed by atoms with van der Waals surface area (Å²) in [6.07, 6.45) is 0.0720. The zero-order chi connectivity index (χ0) is 17.2. The normalized spacial score (nSPS) is 11.5. The van der Waals surface area contributed by atoms with Gasteiger partial charge in [-0.1, -0.05) is 48.5 Å². The van der Waals surface area contributed by atoms with Gasteiger partial charge in [-0.05, 0) is 41.0 Å². The fourth-order valence-corrected chi connectivity index (χ4v) is 4.23. The second-order valence-corrected chi connectivity index (χ2v) is 7.43. The number of sulfone groups is 1. The van der Waals surface area contributed by atoms with Gasteiger partial charge in [0.25, 0.3) is 0 Å². The van der Waals surface area contributed by atoms with Gasteiger partial charge in [-0.25, -0.2) is 8.42 Å². The van der Waals surface area contributed by atoms with Gasteiger partial charge in [0.05, 0.1) is 9.79 Å². The number of carboxylic acid groups (broad SMARTS) is 1. The third kappa shape index (κ3) is 3.16. The van der Waals surface area contributed by atoms with E-state index in [4.69, 9.17) is 5.11 Å². The number of hydrogen-bond donors (Lipinski definition) is 1. The van der Waals surface area contributed by atoms with Crippen LogP contribution in [-0.2, 0) is 21.1 Å². The smallest absolute Gasteiger partial charge is 0.303 e.